The second kappa shape index (κ2) is 24.4. The molecule has 11 heteroatoms. The third-order valence-electron chi connectivity index (χ3n) is 11.5. The fourth-order valence-electron chi connectivity index (χ4n) is 8.00. The number of carbonyl (C=O) groups is 2. The van der Waals surface area contributed by atoms with Crippen LogP contribution in [0.2, 0.25) is 0 Å². The Morgan fingerprint density at radius 3 is 1.45 bits per heavy atom. The molecule has 2 amide bonds. The average molecular weight is 949 g/mol. The lowest BCUT2D eigenvalue weighted by molar-refractivity contribution is 0.0902. The Morgan fingerprint density at radius 1 is 0.549 bits per heavy atom. The van der Waals surface area contributed by atoms with Crippen molar-refractivity contribution in [3.05, 3.63) is 196 Å². The van der Waals surface area contributed by atoms with Crippen LogP contribution in [0.4, 0.5) is 0 Å². The van der Waals surface area contributed by atoms with Crippen LogP contribution in [0.25, 0.3) is 21.8 Å². The average Bonchev–Trinajstić information content (AvgIpc) is 3.99. The number of aliphatic hydroxyl groups is 2. The maximum atomic E-state index is 13.4. The molecule has 8 aromatic rings. The molecule has 0 saturated carbocycles. The van der Waals surface area contributed by atoms with Crippen LogP contribution in [0, 0.1) is 30.6 Å². The predicted molar refractivity (Wildman–Crippen MR) is 281 cm³/mol. The quantitative estimate of drug-likeness (QED) is 0.0559. The topological polar surface area (TPSA) is 158 Å². The number of fused-ring (bicyclic) bond motifs is 2. The van der Waals surface area contributed by atoms with Gasteiger partial charge in [-0.2, -0.15) is 0 Å². The second-order valence-electron chi connectivity index (χ2n) is 17.6. The zero-order valence-electron chi connectivity index (χ0n) is 40.9. The molecule has 0 aliphatic carbocycles. The minimum absolute atomic E-state index is 0.0923. The van der Waals surface area contributed by atoms with Gasteiger partial charge >= 0.3 is 0 Å². The number of hydrogen-bond donors (Lipinski definition) is 6. The van der Waals surface area contributed by atoms with Gasteiger partial charge in [-0.25, -0.2) is 0 Å². The zero-order valence-corrected chi connectivity index (χ0v) is 40.9. The Morgan fingerprint density at radius 2 is 0.986 bits per heavy atom. The Balaban J connectivity index is 0.000000209. The summed E-state index contributed by atoms with van der Waals surface area (Å²) >= 11 is 0. The van der Waals surface area contributed by atoms with Crippen molar-refractivity contribution in [2.45, 2.75) is 71.8 Å². The molecule has 6 aromatic carbocycles. The number of H-pyrrole nitrogens is 2. The zero-order chi connectivity index (χ0) is 50.3. The summed E-state index contributed by atoms with van der Waals surface area (Å²) in [5.74, 6) is 13.6. The summed E-state index contributed by atoms with van der Waals surface area (Å²) < 4.78 is 17.2. The molecule has 0 aliphatic heterocycles. The van der Waals surface area contributed by atoms with Gasteiger partial charge < -0.3 is 45.0 Å². The van der Waals surface area contributed by atoms with Gasteiger partial charge in [-0.05, 0) is 131 Å². The highest BCUT2D eigenvalue weighted by molar-refractivity contribution is 5.98. The molecule has 2 aromatic heterocycles. The van der Waals surface area contributed by atoms with E-state index in [0.29, 0.717) is 52.3 Å². The highest BCUT2D eigenvalue weighted by Gasteiger charge is 2.22. The van der Waals surface area contributed by atoms with E-state index in [9.17, 15) is 19.8 Å². The van der Waals surface area contributed by atoms with E-state index in [-0.39, 0.29) is 37.2 Å². The molecule has 0 radical (unpaired) electrons. The molecular weight excluding hydrogens is 889 g/mol. The molecule has 71 heavy (non-hydrogen) atoms. The van der Waals surface area contributed by atoms with Crippen LogP contribution in [0.1, 0.15) is 87.4 Å². The Hall–Kier alpha value is -8.22. The number of methoxy groups -OCH3 is 1. The fraction of sp³-hybridized carbons (Fsp3) is 0.233. The number of nitrogens with one attached hydrogen (secondary N) is 4. The number of para-hydroxylation sites is 3. The van der Waals surface area contributed by atoms with Gasteiger partial charge in [0.1, 0.15) is 17.2 Å². The van der Waals surface area contributed by atoms with Crippen molar-refractivity contribution in [1.29, 1.82) is 0 Å². The van der Waals surface area contributed by atoms with E-state index in [1.165, 1.54) is 0 Å². The second-order valence-corrected chi connectivity index (χ2v) is 17.6. The van der Waals surface area contributed by atoms with Gasteiger partial charge in [-0.1, -0.05) is 90.4 Å². The van der Waals surface area contributed by atoms with Crippen molar-refractivity contribution in [3.63, 3.8) is 0 Å². The monoisotopic (exact) mass is 948 g/mol. The number of aromatic amines is 2. The smallest absolute Gasteiger partial charge is 0.255 e. The van der Waals surface area contributed by atoms with Crippen molar-refractivity contribution in [2.24, 2.45) is 0 Å². The van der Waals surface area contributed by atoms with Crippen molar-refractivity contribution < 1.29 is 34.0 Å². The molecule has 362 valence electrons. The maximum Gasteiger partial charge on any atom is 0.255 e. The van der Waals surface area contributed by atoms with Crippen LogP contribution in [0.3, 0.4) is 0 Å². The highest BCUT2D eigenvalue weighted by atomic mass is 16.5. The van der Waals surface area contributed by atoms with Gasteiger partial charge in [-0.3, -0.25) is 9.59 Å². The van der Waals surface area contributed by atoms with Crippen LogP contribution in [0.15, 0.2) is 146 Å². The van der Waals surface area contributed by atoms with Crippen LogP contribution in [0.5, 0.6) is 17.2 Å². The largest absolute Gasteiger partial charge is 0.495 e. The number of amides is 2. The Labute approximate surface area is 415 Å². The standard InChI is InChI=1S/C30H30N2O4.C30H30N2O3/c1-20(2)36-29-15-13-21(12-14-22-8-4-7-11-28(22)35-3)16-26(29)30(34)32-24(19-33)17-23-18-31-27-10-6-5-9-25(23)27;1-20(2)35-29-15-13-22(12-14-23-9-5-4-8-21(23)3)16-27(29)30(34)32-25(19-33)17-24-18-31-28-11-7-6-10-26(24)28/h4-11,13,15-16,18,20,24,31,33H,17,19H2,1-3H3,(H,32,34);4-11,13,15-16,18,20,25,31,33H,17,19H2,1-3H3,(H,32,34)/t24-;25-/m01/s1. The summed E-state index contributed by atoms with van der Waals surface area (Å²) in [5, 5.41) is 28.2. The lowest BCUT2D eigenvalue weighted by Crippen LogP contribution is -2.39. The van der Waals surface area contributed by atoms with Crippen LogP contribution in [-0.4, -0.2) is 76.6 Å². The summed E-state index contributed by atoms with van der Waals surface area (Å²) in [4.78, 5) is 33.2. The molecule has 0 spiro atoms. The molecule has 0 saturated heterocycles. The van der Waals surface area contributed by atoms with E-state index in [1.807, 2.05) is 156 Å². The predicted octanol–water partition coefficient (Wildman–Crippen LogP) is 9.69. The van der Waals surface area contributed by atoms with E-state index in [0.717, 1.165) is 49.6 Å². The van der Waals surface area contributed by atoms with Gasteiger partial charge in [0.25, 0.3) is 11.8 Å². The number of ether oxygens (including phenoxy) is 3. The maximum absolute atomic E-state index is 13.4. The lowest BCUT2D eigenvalue weighted by atomic mass is 10.0. The molecular formula is C60H60N4O7. The van der Waals surface area contributed by atoms with E-state index >= 15 is 0 Å². The number of carbonyl (C=O) groups excluding carboxylic acids is 2. The minimum Gasteiger partial charge on any atom is -0.495 e. The number of aromatic nitrogens is 2. The fourth-order valence-corrected chi connectivity index (χ4v) is 8.00. The number of aryl methyl sites for hydroxylation is 1. The van der Waals surface area contributed by atoms with Crippen molar-refractivity contribution in [3.8, 4) is 40.9 Å². The van der Waals surface area contributed by atoms with Gasteiger partial charge in [0.2, 0.25) is 0 Å². The van der Waals surface area contributed by atoms with Crippen molar-refractivity contribution in [2.75, 3.05) is 20.3 Å². The van der Waals surface area contributed by atoms with Crippen LogP contribution < -0.4 is 24.8 Å². The third-order valence-corrected chi connectivity index (χ3v) is 11.5. The molecule has 2 heterocycles. The lowest BCUT2D eigenvalue weighted by Gasteiger charge is -2.19. The summed E-state index contributed by atoms with van der Waals surface area (Å²) in [5.41, 5.74) is 9.05. The van der Waals surface area contributed by atoms with Crippen LogP contribution in [-0.2, 0) is 12.8 Å². The number of benzene rings is 6. The highest BCUT2D eigenvalue weighted by Crippen LogP contribution is 2.26. The van der Waals surface area contributed by atoms with Crippen LogP contribution >= 0.6 is 0 Å². The molecule has 6 N–H and O–H groups in total. The van der Waals surface area contributed by atoms with E-state index < -0.39 is 12.1 Å². The third kappa shape index (κ3) is 13.5. The van der Waals surface area contributed by atoms with Gasteiger partial charge in [0, 0.05) is 50.9 Å². The molecule has 0 aliphatic rings. The molecule has 11 nitrogen and oxygen atoms in total. The van der Waals surface area contributed by atoms with Crippen molar-refractivity contribution >= 4 is 33.6 Å². The van der Waals surface area contributed by atoms with Crippen molar-refractivity contribution in [1.82, 2.24) is 20.6 Å². The number of rotatable bonds is 15. The van der Waals surface area contributed by atoms with E-state index in [4.69, 9.17) is 14.2 Å². The molecule has 8 rings (SSSR count). The Kier molecular flexibility index (Phi) is 17.4. The first-order chi connectivity index (χ1) is 34.4. The molecule has 2 atom stereocenters. The SMILES string of the molecule is COc1ccccc1C#Cc1ccc(OC(C)C)c(C(=O)N[C@H](CO)Cc2c[nH]c3ccccc23)c1.Cc1ccccc1C#Cc1ccc(OC(C)C)c(C(=O)N[C@@H](CO)Cc2c[nH]c3ccccc23)c1. The van der Waals surface area contributed by atoms with Gasteiger partial charge in [-0.15, -0.1) is 0 Å². The summed E-state index contributed by atoms with van der Waals surface area (Å²) in [6, 6.07) is 41.2. The first kappa shape index (κ1) is 50.7. The first-order valence-electron chi connectivity index (χ1n) is 23.7. The number of aliphatic hydroxyl groups excluding tert-OH is 2. The molecule has 0 fully saturated rings. The van der Waals surface area contributed by atoms with E-state index in [1.54, 1.807) is 31.4 Å². The Bertz CT molecular complexity index is 3230. The van der Waals surface area contributed by atoms with E-state index in [2.05, 4.69) is 44.3 Å². The van der Waals surface area contributed by atoms with Gasteiger partial charge in [0.15, 0.2) is 0 Å². The summed E-state index contributed by atoms with van der Waals surface area (Å²) in [7, 11) is 1.61. The first-order valence-corrected chi connectivity index (χ1v) is 23.7. The normalized spacial score (nSPS) is 11.6. The van der Waals surface area contributed by atoms with Gasteiger partial charge in [0.05, 0.1) is 61.3 Å². The minimum atomic E-state index is -0.466. The summed E-state index contributed by atoms with van der Waals surface area (Å²) in [6.07, 6.45) is 4.63. The molecule has 0 bridgehead atoms. The molecule has 0 unspecified atom stereocenters. The number of hydrogen-bond acceptors (Lipinski definition) is 7. The summed E-state index contributed by atoms with van der Waals surface area (Å²) in [6.45, 7) is 9.29.